The summed E-state index contributed by atoms with van der Waals surface area (Å²) in [6, 6.07) is 7.61. The number of anilines is 3. The fourth-order valence-electron chi connectivity index (χ4n) is 3.57. The molecular weight excluding hydrogens is 368 g/mol. The maximum absolute atomic E-state index is 12.3. The number of nitrogens with one attached hydrogen (secondary N) is 3. The minimum atomic E-state index is -0.188. The van der Waals surface area contributed by atoms with Gasteiger partial charge in [-0.15, -0.1) is 0 Å². The number of nitrogens with zero attached hydrogens (tertiary/aromatic N) is 3. The van der Waals surface area contributed by atoms with Gasteiger partial charge in [0.1, 0.15) is 11.6 Å². The van der Waals surface area contributed by atoms with Gasteiger partial charge >= 0.3 is 6.03 Å². The third kappa shape index (κ3) is 5.73. The minimum Gasteiger partial charge on any atom is -0.497 e. The largest absolute Gasteiger partial charge is 0.497 e. The van der Waals surface area contributed by atoms with E-state index in [1.807, 2.05) is 50.3 Å². The lowest BCUT2D eigenvalue weighted by Gasteiger charge is -2.30. The van der Waals surface area contributed by atoms with Crippen molar-refractivity contribution in [1.82, 2.24) is 15.3 Å². The predicted molar refractivity (Wildman–Crippen MR) is 116 cm³/mol. The monoisotopic (exact) mass is 398 g/mol. The molecule has 156 valence electrons. The summed E-state index contributed by atoms with van der Waals surface area (Å²) in [6.07, 6.45) is 5.59. The van der Waals surface area contributed by atoms with Gasteiger partial charge in [-0.1, -0.05) is 6.07 Å². The number of hydrogen-bond acceptors (Lipinski definition) is 6. The number of carbonyl (C=O) groups excluding carboxylic acids is 1. The second kappa shape index (κ2) is 9.45. The Bertz CT molecular complexity index is 834. The summed E-state index contributed by atoms with van der Waals surface area (Å²) < 4.78 is 5.18. The Hall–Kier alpha value is -3.03. The topological polar surface area (TPSA) is 91.4 Å². The summed E-state index contributed by atoms with van der Waals surface area (Å²) in [4.78, 5) is 23.3. The van der Waals surface area contributed by atoms with Crippen LogP contribution in [0.1, 0.15) is 31.2 Å². The number of urea groups is 1. The molecule has 29 heavy (non-hydrogen) atoms. The van der Waals surface area contributed by atoms with Gasteiger partial charge in [-0.3, -0.25) is 0 Å². The van der Waals surface area contributed by atoms with Gasteiger partial charge in [-0.25, -0.2) is 9.78 Å². The van der Waals surface area contributed by atoms with E-state index in [1.54, 1.807) is 13.2 Å². The summed E-state index contributed by atoms with van der Waals surface area (Å²) in [5.41, 5.74) is 1.76. The SMILES string of the molecule is COc1cccc(NC(=O)N[C@H]2CC[C@@H](Nc3ncc(C)c(N(C)C)n3)CC2)c1. The molecule has 8 heteroatoms. The lowest BCUT2D eigenvalue weighted by Crippen LogP contribution is -2.42. The Balaban J connectivity index is 1.46. The average molecular weight is 399 g/mol. The third-order valence-electron chi connectivity index (χ3n) is 5.09. The van der Waals surface area contributed by atoms with E-state index in [0.29, 0.717) is 23.4 Å². The van der Waals surface area contributed by atoms with E-state index in [-0.39, 0.29) is 12.1 Å². The van der Waals surface area contributed by atoms with Crippen LogP contribution in [0.4, 0.5) is 22.2 Å². The van der Waals surface area contributed by atoms with Crippen molar-refractivity contribution in [3.63, 3.8) is 0 Å². The fourth-order valence-corrected chi connectivity index (χ4v) is 3.57. The molecule has 0 radical (unpaired) electrons. The quantitative estimate of drug-likeness (QED) is 0.691. The molecule has 0 atom stereocenters. The molecule has 3 rings (SSSR count). The van der Waals surface area contributed by atoms with Crippen LogP contribution >= 0.6 is 0 Å². The van der Waals surface area contributed by atoms with E-state index in [9.17, 15) is 4.79 Å². The van der Waals surface area contributed by atoms with Crippen molar-refractivity contribution in [2.75, 3.05) is 36.7 Å². The van der Waals surface area contributed by atoms with E-state index in [2.05, 4.69) is 25.9 Å². The number of rotatable bonds is 6. The van der Waals surface area contributed by atoms with Crippen LogP contribution < -0.4 is 25.6 Å². The van der Waals surface area contributed by atoms with Gasteiger partial charge in [0, 0.05) is 49.7 Å². The fraction of sp³-hybridized carbons (Fsp3) is 0.476. The summed E-state index contributed by atoms with van der Waals surface area (Å²) in [6.45, 7) is 2.01. The highest BCUT2D eigenvalue weighted by Crippen LogP contribution is 2.23. The van der Waals surface area contributed by atoms with Gasteiger partial charge in [0.2, 0.25) is 5.95 Å². The first-order valence-electron chi connectivity index (χ1n) is 9.93. The number of amides is 2. The van der Waals surface area contributed by atoms with Gasteiger partial charge in [0.25, 0.3) is 0 Å². The van der Waals surface area contributed by atoms with Crippen molar-refractivity contribution >= 4 is 23.5 Å². The van der Waals surface area contributed by atoms with Gasteiger partial charge in [-0.05, 0) is 44.7 Å². The predicted octanol–water partition coefficient (Wildman–Crippen LogP) is 3.40. The van der Waals surface area contributed by atoms with Gasteiger partial charge in [0.15, 0.2) is 0 Å². The van der Waals surface area contributed by atoms with E-state index in [1.165, 1.54) is 0 Å². The van der Waals surface area contributed by atoms with Crippen molar-refractivity contribution in [2.45, 2.75) is 44.7 Å². The van der Waals surface area contributed by atoms with E-state index in [4.69, 9.17) is 4.74 Å². The Kier molecular flexibility index (Phi) is 6.74. The lowest BCUT2D eigenvalue weighted by atomic mass is 9.91. The van der Waals surface area contributed by atoms with Crippen molar-refractivity contribution < 1.29 is 9.53 Å². The molecule has 0 saturated heterocycles. The summed E-state index contributed by atoms with van der Waals surface area (Å²) in [5, 5.41) is 9.37. The summed E-state index contributed by atoms with van der Waals surface area (Å²) in [7, 11) is 5.56. The number of carbonyl (C=O) groups is 1. The van der Waals surface area contributed by atoms with E-state index in [0.717, 1.165) is 37.1 Å². The second-order valence-electron chi connectivity index (χ2n) is 7.62. The van der Waals surface area contributed by atoms with Crippen LogP contribution in [0.15, 0.2) is 30.5 Å². The van der Waals surface area contributed by atoms with Crippen molar-refractivity contribution in [1.29, 1.82) is 0 Å². The highest BCUT2D eigenvalue weighted by Gasteiger charge is 2.23. The molecule has 1 aliphatic carbocycles. The first kappa shape index (κ1) is 20.7. The number of aromatic nitrogens is 2. The van der Waals surface area contributed by atoms with Crippen molar-refractivity contribution in [2.24, 2.45) is 0 Å². The Morgan fingerprint density at radius 1 is 1.17 bits per heavy atom. The molecule has 3 N–H and O–H groups in total. The number of hydrogen-bond donors (Lipinski definition) is 3. The smallest absolute Gasteiger partial charge is 0.319 e. The Labute approximate surface area is 172 Å². The molecular formula is C21H30N6O2. The van der Waals surface area contributed by atoms with Crippen LogP contribution in [0.25, 0.3) is 0 Å². The Morgan fingerprint density at radius 3 is 2.59 bits per heavy atom. The van der Waals surface area contributed by atoms with Gasteiger partial charge < -0.3 is 25.6 Å². The molecule has 1 saturated carbocycles. The number of methoxy groups -OCH3 is 1. The molecule has 2 aromatic rings. The van der Waals surface area contributed by atoms with Crippen LogP contribution in [-0.4, -0.2) is 49.3 Å². The third-order valence-corrected chi connectivity index (χ3v) is 5.09. The normalized spacial score (nSPS) is 18.6. The maximum Gasteiger partial charge on any atom is 0.319 e. The summed E-state index contributed by atoms with van der Waals surface area (Å²) in [5.74, 6) is 2.30. The van der Waals surface area contributed by atoms with Crippen LogP contribution in [0, 0.1) is 6.92 Å². The first-order chi connectivity index (χ1) is 13.9. The Morgan fingerprint density at radius 2 is 1.90 bits per heavy atom. The zero-order valence-electron chi connectivity index (χ0n) is 17.5. The van der Waals surface area contributed by atoms with Gasteiger partial charge in [-0.2, -0.15) is 4.98 Å². The lowest BCUT2D eigenvalue weighted by molar-refractivity contribution is 0.243. The molecule has 0 aliphatic heterocycles. The number of ether oxygens (including phenoxy) is 1. The molecule has 2 amide bonds. The van der Waals surface area contributed by atoms with Crippen molar-refractivity contribution in [3.05, 3.63) is 36.0 Å². The van der Waals surface area contributed by atoms with Crippen molar-refractivity contribution in [3.8, 4) is 5.75 Å². The van der Waals surface area contributed by atoms with E-state index >= 15 is 0 Å². The average Bonchev–Trinajstić information content (AvgIpc) is 2.70. The highest BCUT2D eigenvalue weighted by atomic mass is 16.5. The van der Waals surface area contributed by atoms with Crippen LogP contribution in [0.2, 0.25) is 0 Å². The molecule has 0 unspecified atom stereocenters. The molecule has 0 spiro atoms. The van der Waals surface area contributed by atoms with E-state index < -0.39 is 0 Å². The molecule has 1 aliphatic rings. The number of aryl methyl sites for hydroxylation is 1. The maximum atomic E-state index is 12.3. The molecule has 1 aromatic heterocycles. The van der Waals surface area contributed by atoms with Crippen LogP contribution in [0.3, 0.4) is 0 Å². The highest BCUT2D eigenvalue weighted by molar-refractivity contribution is 5.89. The molecule has 1 heterocycles. The summed E-state index contributed by atoms with van der Waals surface area (Å²) >= 11 is 0. The van der Waals surface area contributed by atoms with Crippen LogP contribution in [0.5, 0.6) is 5.75 Å². The first-order valence-corrected chi connectivity index (χ1v) is 9.93. The molecule has 0 bridgehead atoms. The number of benzene rings is 1. The second-order valence-corrected chi connectivity index (χ2v) is 7.62. The zero-order valence-corrected chi connectivity index (χ0v) is 17.5. The minimum absolute atomic E-state index is 0.162. The molecule has 1 aromatic carbocycles. The molecule has 1 fully saturated rings. The standard InChI is InChI=1S/C21H30N6O2/c1-14-13-22-20(26-19(14)27(2)3)23-15-8-10-16(11-9-15)24-21(28)25-17-6-5-7-18(12-17)29-4/h5-7,12-13,15-16H,8-11H2,1-4H3,(H,22,23,26)(H2,24,25,28)/t15-,16+. The molecule has 8 nitrogen and oxygen atoms in total. The zero-order chi connectivity index (χ0) is 20.8. The van der Waals surface area contributed by atoms with Crippen LogP contribution in [-0.2, 0) is 0 Å². The van der Waals surface area contributed by atoms with Gasteiger partial charge in [0.05, 0.1) is 7.11 Å².